The molecule has 0 aromatic heterocycles. The average Bonchev–Trinajstić information content (AvgIpc) is 2.75. The van der Waals surface area contributed by atoms with Gasteiger partial charge < -0.3 is 10.4 Å². The highest BCUT2D eigenvalue weighted by Crippen LogP contribution is 2.32. The van der Waals surface area contributed by atoms with Crippen LogP contribution in [0.25, 0.3) is 0 Å². The summed E-state index contributed by atoms with van der Waals surface area (Å²) in [7, 11) is 0. The number of hydrogen-bond acceptors (Lipinski definition) is 3. The molecule has 0 saturated heterocycles. The third kappa shape index (κ3) is 2.66. The summed E-state index contributed by atoms with van der Waals surface area (Å²) in [5.41, 5.74) is -0.869. The molecular formula is C13H22N2O3. The highest BCUT2D eigenvalue weighted by atomic mass is 16.4. The third-order valence-electron chi connectivity index (χ3n) is 4.20. The van der Waals surface area contributed by atoms with Crippen molar-refractivity contribution >= 4 is 11.9 Å². The normalized spacial score (nSPS) is 24.3. The minimum atomic E-state index is -0.869. The minimum Gasteiger partial charge on any atom is -0.480 e. The first-order valence-corrected chi connectivity index (χ1v) is 6.85. The molecule has 5 heteroatoms. The van der Waals surface area contributed by atoms with Gasteiger partial charge in [-0.05, 0) is 39.0 Å². The monoisotopic (exact) mass is 254 g/mol. The Balaban J connectivity index is 1.84. The van der Waals surface area contributed by atoms with Crippen LogP contribution in [0.2, 0.25) is 0 Å². The summed E-state index contributed by atoms with van der Waals surface area (Å²) < 4.78 is 0. The summed E-state index contributed by atoms with van der Waals surface area (Å²) in [5, 5.41) is 15.2. The number of aliphatic carboxylic acids is 1. The molecule has 1 amide bonds. The molecule has 2 aliphatic rings. The summed E-state index contributed by atoms with van der Waals surface area (Å²) >= 11 is 0. The van der Waals surface area contributed by atoms with E-state index < -0.39 is 17.6 Å². The molecule has 0 aromatic rings. The number of carboxylic acid groups (broad SMARTS) is 1. The zero-order valence-electron chi connectivity index (χ0n) is 10.9. The summed E-state index contributed by atoms with van der Waals surface area (Å²) in [6.45, 7) is 1.74. The van der Waals surface area contributed by atoms with E-state index in [9.17, 15) is 14.7 Å². The van der Waals surface area contributed by atoms with Crippen LogP contribution in [0.15, 0.2) is 0 Å². The molecule has 2 saturated carbocycles. The van der Waals surface area contributed by atoms with Crippen LogP contribution in [-0.2, 0) is 9.59 Å². The molecule has 102 valence electrons. The van der Waals surface area contributed by atoms with Gasteiger partial charge in [0.1, 0.15) is 5.54 Å². The first kappa shape index (κ1) is 13.3. The van der Waals surface area contributed by atoms with Gasteiger partial charge in [0.15, 0.2) is 0 Å². The molecule has 0 aromatic carbocycles. The molecule has 0 radical (unpaired) electrons. The Morgan fingerprint density at radius 3 is 2.28 bits per heavy atom. The fourth-order valence-corrected chi connectivity index (χ4v) is 2.83. The highest BCUT2D eigenvalue weighted by Gasteiger charge is 2.45. The number of carboxylic acids is 1. The summed E-state index contributed by atoms with van der Waals surface area (Å²) in [5.74, 6) is -0.913. The van der Waals surface area contributed by atoms with Crippen molar-refractivity contribution in [3.05, 3.63) is 0 Å². The van der Waals surface area contributed by atoms with E-state index in [2.05, 4.69) is 10.6 Å². The molecule has 0 bridgehead atoms. The van der Waals surface area contributed by atoms with E-state index in [0.29, 0.717) is 12.8 Å². The van der Waals surface area contributed by atoms with Gasteiger partial charge in [-0.2, -0.15) is 0 Å². The molecule has 0 heterocycles. The minimum absolute atomic E-state index is 0.0746. The largest absolute Gasteiger partial charge is 0.480 e. The maximum absolute atomic E-state index is 12.0. The van der Waals surface area contributed by atoms with Crippen LogP contribution in [0.5, 0.6) is 0 Å². The molecule has 5 nitrogen and oxygen atoms in total. The van der Waals surface area contributed by atoms with Gasteiger partial charge in [-0.1, -0.05) is 12.8 Å². The molecule has 2 rings (SSSR count). The van der Waals surface area contributed by atoms with Crippen molar-refractivity contribution in [3.63, 3.8) is 0 Å². The van der Waals surface area contributed by atoms with Crippen LogP contribution in [0, 0.1) is 0 Å². The van der Waals surface area contributed by atoms with Crippen molar-refractivity contribution in [1.29, 1.82) is 0 Å². The van der Waals surface area contributed by atoms with Crippen molar-refractivity contribution in [2.75, 3.05) is 0 Å². The Hall–Kier alpha value is -1.10. The number of rotatable bonds is 5. The Morgan fingerprint density at radius 2 is 1.83 bits per heavy atom. The quantitative estimate of drug-likeness (QED) is 0.684. The lowest BCUT2D eigenvalue weighted by atomic mass is 9.76. The van der Waals surface area contributed by atoms with Gasteiger partial charge in [0.2, 0.25) is 5.91 Å². The predicted octanol–water partition coefficient (Wildman–Crippen LogP) is 1.03. The molecule has 1 atom stereocenters. The molecule has 0 spiro atoms. The summed E-state index contributed by atoms with van der Waals surface area (Å²) in [4.78, 5) is 23.2. The zero-order valence-corrected chi connectivity index (χ0v) is 10.9. The second kappa shape index (κ2) is 5.26. The van der Waals surface area contributed by atoms with Crippen LogP contribution in [0.4, 0.5) is 0 Å². The number of carbonyl (C=O) groups is 2. The van der Waals surface area contributed by atoms with Gasteiger partial charge >= 0.3 is 5.97 Å². The van der Waals surface area contributed by atoms with E-state index >= 15 is 0 Å². The molecular weight excluding hydrogens is 232 g/mol. The van der Waals surface area contributed by atoms with E-state index in [-0.39, 0.29) is 11.9 Å². The second-order valence-corrected chi connectivity index (χ2v) is 5.60. The Labute approximate surface area is 107 Å². The van der Waals surface area contributed by atoms with Gasteiger partial charge in [0.25, 0.3) is 0 Å². The molecule has 2 aliphatic carbocycles. The Kier molecular flexibility index (Phi) is 3.90. The number of hydrogen-bond donors (Lipinski definition) is 3. The third-order valence-corrected chi connectivity index (χ3v) is 4.20. The fourth-order valence-electron chi connectivity index (χ4n) is 2.83. The second-order valence-electron chi connectivity index (χ2n) is 5.60. The van der Waals surface area contributed by atoms with E-state index in [4.69, 9.17) is 0 Å². The number of carbonyl (C=O) groups excluding carboxylic acids is 1. The number of nitrogens with one attached hydrogen (secondary N) is 2. The molecule has 0 aliphatic heterocycles. The van der Waals surface area contributed by atoms with Crippen molar-refractivity contribution in [3.8, 4) is 0 Å². The van der Waals surface area contributed by atoms with Gasteiger partial charge in [-0.3, -0.25) is 14.9 Å². The van der Waals surface area contributed by atoms with Crippen LogP contribution < -0.4 is 10.6 Å². The first-order valence-electron chi connectivity index (χ1n) is 6.85. The maximum Gasteiger partial charge on any atom is 0.323 e. The number of amides is 1. The van der Waals surface area contributed by atoms with Crippen LogP contribution in [-0.4, -0.2) is 34.6 Å². The SMILES string of the molecule is CC(NC1(C(=O)O)CCC1)C(=O)NC1CCCC1. The van der Waals surface area contributed by atoms with Crippen molar-refractivity contribution < 1.29 is 14.7 Å². The fraction of sp³-hybridized carbons (Fsp3) is 0.846. The maximum atomic E-state index is 12.0. The predicted molar refractivity (Wildman–Crippen MR) is 67.2 cm³/mol. The van der Waals surface area contributed by atoms with Gasteiger partial charge in [0, 0.05) is 6.04 Å². The lowest BCUT2D eigenvalue weighted by Gasteiger charge is -2.40. The average molecular weight is 254 g/mol. The Bertz CT molecular complexity index is 333. The lowest BCUT2D eigenvalue weighted by Crippen LogP contribution is -2.62. The molecule has 3 N–H and O–H groups in total. The summed E-state index contributed by atoms with van der Waals surface area (Å²) in [6, 6.07) is -0.161. The highest BCUT2D eigenvalue weighted by molar-refractivity contribution is 5.85. The lowest BCUT2D eigenvalue weighted by molar-refractivity contribution is -0.149. The van der Waals surface area contributed by atoms with Gasteiger partial charge in [-0.25, -0.2) is 0 Å². The van der Waals surface area contributed by atoms with Crippen LogP contribution >= 0.6 is 0 Å². The van der Waals surface area contributed by atoms with Crippen molar-refractivity contribution in [1.82, 2.24) is 10.6 Å². The Morgan fingerprint density at radius 1 is 1.22 bits per heavy atom. The first-order chi connectivity index (χ1) is 8.53. The van der Waals surface area contributed by atoms with Gasteiger partial charge in [-0.15, -0.1) is 0 Å². The van der Waals surface area contributed by atoms with Gasteiger partial charge in [0.05, 0.1) is 6.04 Å². The van der Waals surface area contributed by atoms with E-state index in [1.54, 1.807) is 6.92 Å². The topological polar surface area (TPSA) is 78.4 Å². The smallest absolute Gasteiger partial charge is 0.323 e. The van der Waals surface area contributed by atoms with Crippen LogP contribution in [0.1, 0.15) is 51.9 Å². The van der Waals surface area contributed by atoms with E-state index in [1.165, 1.54) is 12.8 Å². The van der Waals surface area contributed by atoms with E-state index in [0.717, 1.165) is 19.3 Å². The van der Waals surface area contributed by atoms with E-state index in [1.807, 2.05) is 0 Å². The molecule has 18 heavy (non-hydrogen) atoms. The van der Waals surface area contributed by atoms with Crippen LogP contribution in [0.3, 0.4) is 0 Å². The standard InChI is InChI=1S/C13H22N2O3/c1-9(11(16)14-10-5-2-3-6-10)15-13(12(17)18)7-4-8-13/h9-10,15H,2-8H2,1H3,(H,14,16)(H,17,18). The molecule has 2 fully saturated rings. The summed E-state index contributed by atoms with van der Waals surface area (Å²) in [6.07, 6.45) is 6.58. The van der Waals surface area contributed by atoms with Crippen molar-refractivity contribution in [2.24, 2.45) is 0 Å². The van der Waals surface area contributed by atoms with Crippen molar-refractivity contribution in [2.45, 2.75) is 69.5 Å². The molecule has 1 unspecified atom stereocenters. The zero-order chi connectivity index (χ0) is 13.2.